The lowest BCUT2D eigenvalue weighted by Gasteiger charge is -2.26. The second kappa shape index (κ2) is 4.92. The van der Waals surface area contributed by atoms with Crippen LogP contribution in [0.4, 0.5) is 5.95 Å². The van der Waals surface area contributed by atoms with Crippen molar-refractivity contribution < 1.29 is 0 Å². The van der Waals surface area contributed by atoms with E-state index in [0.29, 0.717) is 5.41 Å². The molecule has 3 nitrogen and oxygen atoms in total. The van der Waals surface area contributed by atoms with E-state index < -0.39 is 0 Å². The van der Waals surface area contributed by atoms with Gasteiger partial charge in [-0.05, 0) is 23.3 Å². The monoisotopic (exact) mass is 297 g/mol. The molecule has 17 heavy (non-hydrogen) atoms. The van der Waals surface area contributed by atoms with Gasteiger partial charge in [0, 0.05) is 30.8 Å². The van der Waals surface area contributed by atoms with Gasteiger partial charge < -0.3 is 4.90 Å². The van der Waals surface area contributed by atoms with Gasteiger partial charge in [-0.25, -0.2) is 9.97 Å². The molecule has 0 saturated carbocycles. The highest BCUT2D eigenvalue weighted by Crippen LogP contribution is 2.34. The van der Waals surface area contributed by atoms with Crippen molar-refractivity contribution in [2.24, 2.45) is 11.3 Å². The molecule has 2 rings (SSSR count). The number of halogens is 1. The van der Waals surface area contributed by atoms with Crippen molar-refractivity contribution in [2.75, 3.05) is 18.0 Å². The van der Waals surface area contributed by atoms with Crippen molar-refractivity contribution in [2.45, 2.75) is 32.5 Å². The predicted molar refractivity (Wildman–Crippen MR) is 74.4 cm³/mol. The van der Waals surface area contributed by atoms with E-state index in [0.717, 1.165) is 35.8 Å². The number of hydrogen-bond donors (Lipinski definition) is 0. The van der Waals surface area contributed by atoms with Gasteiger partial charge in [0.05, 0.1) is 0 Å². The molecule has 1 atom stereocenters. The summed E-state index contributed by atoms with van der Waals surface area (Å²) < 4.78 is 0. The second-order valence-corrected chi connectivity index (χ2v) is 6.38. The first kappa shape index (κ1) is 12.8. The van der Waals surface area contributed by atoms with Gasteiger partial charge in [0.25, 0.3) is 0 Å². The van der Waals surface area contributed by atoms with Crippen LogP contribution in [0.25, 0.3) is 0 Å². The van der Waals surface area contributed by atoms with Crippen LogP contribution in [0.1, 0.15) is 32.8 Å². The van der Waals surface area contributed by atoms with Gasteiger partial charge in [-0.15, -0.1) is 0 Å². The van der Waals surface area contributed by atoms with Gasteiger partial charge in [0.1, 0.15) is 0 Å². The van der Waals surface area contributed by atoms with Crippen molar-refractivity contribution in [3.8, 4) is 0 Å². The molecule has 0 spiro atoms. The van der Waals surface area contributed by atoms with Crippen LogP contribution in [0.5, 0.6) is 0 Å². The number of alkyl halides is 1. The van der Waals surface area contributed by atoms with E-state index in [4.69, 9.17) is 0 Å². The molecule has 2 heterocycles. The Labute approximate surface area is 112 Å². The summed E-state index contributed by atoms with van der Waals surface area (Å²) >= 11 is 3.41. The molecule has 94 valence electrons. The molecule has 1 saturated heterocycles. The fourth-order valence-electron chi connectivity index (χ4n) is 2.23. The topological polar surface area (TPSA) is 29.0 Å². The first-order valence-electron chi connectivity index (χ1n) is 6.12. The Morgan fingerprint density at radius 3 is 2.47 bits per heavy atom. The maximum atomic E-state index is 4.43. The summed E-state index contributed by atoms with van der Waals surface area (Å²) in [5, 5.41) is 0.817. The van der Waals surface area contributed by atoms with Gasteiger partial charge in [-0.2, -0.15) is 0 Å². The van der Waals surface area contributed by atoms with Gasteiger partial charge in [0.15, 0.2) is 0 Å². The smallest absolute Gasteiger partial charge is 0.225 e. The zero-order valence-electron chi connectivity index (χ0n) is 10.8. The quantitative estimate of drug-likeness (QED) is 0.785. The van der Waals surface area contributed by atoms with Gasteiger partial charge >= 0.3 is 0 Å². The van der Waals surface area contributed by atoms with Crippen LogP contribution in [0.15, 0.2) is 12.4 Å². The first-order valence-corrected chi connectivity index (χ1v) is 7.24. The SMILES string of the molecule is CC(C)(C)C1CCN(c2ncc(CBr)cn2)C1. The standard InChI is InChI=1S/C13H20BrN3/c1-13(2,3)11-4-5-17(9-11)12-15-7-10(6-14)8-16-12/h7-8,11H,4-6,9H2,1-3H3. The molecule has 1 aliphatic heterocycles. The Morgan fingerprint density at radius 1 is 1.35 bits per heavy atom. The molecule has 0 bridgehead atoms. The molecular formula is C13H20BrN3. The molecule has 4 heteroatoms. The number of rotatable bonds is 2. The zero-order chi connectivity index (χ0) is 12.5. The van der Waals surface area contributed by atoms with Crippen LogP contribution in [0, 0.1) is 11.3 Å². The van der Waals surface area contributed by atoms with E-state index >= 15 is 0 Å². The lowest BCUT2D eigenvalue weighted by atomic mass is 9.80. The summed E-state index contributed by atoms with van der Waals surface area (Å²) in [4.78, 5) is 11.2. The van der Waals surface area contributed by atoms with Crippen LogP contribution in [0.3, 0.4) is 0 Å². The summed E-state index contributed by atoms with van der Waals surface area (Å²) in [5.41, 5.74) is 1.50. The molecule has 1 aliphatic rings. The maximum Gasteiger partial charge on any atom is 0.225 e. The third-order valence-corrected chi connectivity index (χ3v) is 4.19. The lowest BCUT2D eigenvalue weighted by molar-refractivity contribution is 0.263. The van der Waals surface area contributed by atoms with Crippen LogP contribution < -0.4 is 4.90 Å². The van der Waals surface area contributed by atoms with Gasteiger partial charge in [-0.3, -0.25) is 0 Å². The average molecular weight is 298 g/mol. The van der Waals surface area contributed by atoms with Crippen molar-refractivity contribution in [3.63, 3.8) is 0 Å². The Kier molecular flexibility index (Phi) is 3.71. The second-order valence-electron chi connectivity index (χ2n) is 5.82. The zero-order valence-corrected chi connectivity index (χ0v) is 12.4. The number of aromatic nitrogens is 2. The minimum absolute atomic E-state index is 0.380. The Bertz CT molecular complexity index is 369. The third kappa shape index (κ3) is 2.97. The maximum absolute atomic E-state index is 4.43. The van der Waals surface area contributed by atoms with E-state index in [2.05, 4.69) is 51.6 Å². The highest BCUT2D eigenvalue weighted by Gasteiger charge is 2.32. The van der Waals surface area contributed by atoms with Crippen molar-refractivity contribution >= 4 is 21.9 Å². The largest absolute Gasteiger partial charge is 0.341 e. The molecular weight excluding hydrogens is 278 g/mol. The normalized spacial score (nSPS) is 20.9. The van der Waals surface area contributed by atoms with E-state index in [9.17, 15) is 0 Å². The van der Waals surface area contributed by atoms with Crippen molar-refractivity contribution in [1.82, 2.24) is 9.97 Å². The molecule has 0 radical (unpaired) electrons. The molecule has 0 aromatic carbocycles. The highest BCUT2D eigenvalue weighted by atomic mass is 79.9. The molecule has 0 N–H and O–H groups in total. The molecule has 0 amide bonds. The van der Waals surface area contributed by atoms with Crippen LogP contribution in [-0.2, 0) is 5.33 Å². The predicted octanol–water partition coefficient (Wildman–Crippen LogP) is 3.24. The van der Waals surface area contributed by atoms with Crippen LogP contribution in [0.2, 0.25) is 0 Å². The fraction of sp³-hybridized carbons (Fsp3) is 0.692. The minimum atomic E-state index is 0.380. The fourth-order valence-corrected chi connectivity index (χ4v) is 2.52. The number of anilines is 1. The third-order valence-electron chi connectivity index (χ3n) is 3.54. The van der Waals surface area contributed by atoms with E-state index in [1.54, 1.807) is 0 Å². The summed E-state index contributed by atoms with van der Waals surface area (Å²) in [6.07, 6.45) is 5.05. The summed E-state index contributed by atoms with van der Waals surface area (Å²) in [7, 11) is 0. The highest BCUT2D eigenvalue weighted by molar-refractivity contribution is 9.08. The Morgan fingerprint density at radius 2 is 2.00 bits per heavy atom. The van der Waals surface area contributed by atoms with Crippen LogP contribution in [-0.4, -0.2) is 23.1 Å². The summed E-state index contributed by atoms with van der Waals surface area (Å²) in [5.74, 6) is 1.61. The summed E-state index contributed by atoms with van der Waals surface area (Å²) in [6, 6.07) is 0. The molecule has 1 unspecified atom stereocenters. The minimum Gasteiger partial charge on any atom is -0.341 e. The number of hydrogen-bond acceptors (Lipinski definition) is 3. The summed E-state index contributed by atoms with van der Waals surface area (Å²) in [6.45, 7) is 9.11. The molecule has 0 aliphatic carbocycles. The lowest BCUT2D eigenvalue weighted by Crippen LogP contribution is -2.26. The molecule has 1 fully saturated rings. The van der Waals surface area contributed by atoms with Crippen LogP contribution >= 0.6 is 15.9 Å². The molecule has 1 aromatic rings. The van der Waals surface area contributed by atoms with Gasteiger partial charge in [0.2, 0.25) is 5.95 Å². The molecule has 1 aromatic heterocycles. The Hall–Kier alpha value is -0.640. The van der Waals surface area contributed by atoms with Crippen molar-refractivity contribution in [1.29, 1.82) is 0 Å². The number of nitrogens with zero attached hydrogens (tertiary/aromatic N) is 3. The first-order chi connectivity index (χ1) is 8.00. The van der Waals surface area contributed by atoms with E-state index in [1.807, 2.05) is 12.4 Å². The Balaban J connectivity index is 2.05. The van der Waals surface area contributed by atoms with Crippen molar-refractivity contribution in [3.05, 3.63) is 18.0 Å². The average Bonchev–Trinajstić information content (AvgIpc) is 2.78. The van der Waals surface area contributed by atoms with E-state index in [1.165, 1.54) is 6.42 Å². The van der Waals surface area contributed by atoms with Gasteiger partial charge in [-0.1, -0.05) is 36.7 Å². The van der Waals surface area contributed by atoms with E-state index in [-0.39, 0.29) is 0 Å².